The lowest BCUT2D eigenvalue weighted by Crippen LogP contribution is -2.08. The molecule has 0 fully saturated rings. The Labute approximate surface area is 255 Å². The molecule has 5 heteroatoms. The van der Waals surface area contributed by atoms with E-state index in [9.17, 15) is 9.59 Å². The van der Waals surface area contributed by atoms with Gasteiger partial charge in [-0.3, -0.25) is 9.20 Å². The fourth-order valence-electron chi connectivity index (χ4n) is 5.76. The van der Waals surface area contributed by atoms with Crippen molar-refractivity contribution in [2.75, 3.05) is 6.61 Å². The largest absolute Gasteiger partial charge is 0.462 e. The van der Waals surface area contributed by atoms with Crippen molar-refractivity contribution in [3.63, 3.8) is 0 Å². The first kappa shape index (κ1) is 27.0. The normalized spacial score (nSPS) is 11.1. The fraction of sp³-hybridized carbons (Fsp3) is 0.0513. The zero-order valence-electron chi connectivity index (χ0n) is 24.1. The van der Waals surface area contributed by atoms with E-state index in [0.717, 1.165) is 33.0 Å². The number of hydrogen-bond acceptors (Lipinski definition) is 4. The standard InChI is InChI=1S/C39H28N2O3/c1-2-44-39(43)36-34-24-33(29-20-17-28(18-21-29)26-11-5-3-6-12-26)40-25-41(34)37(35(36)30-14-7-4-8-15-30)38(42)32-22-19-27-13-9-10-16-31(27)23-32/h3-25H,2H2,1H3. The molecule has 0 spiro atoms. The number of carbonyl (C=O) groups excluding carboxylic acids is 2. The summed E-state index contributed by atoms with van der Waals surface area (Å²) in [6.45, 7) is 1.98. The molecular formula is C39H28N2O3. The van der Waals surface area contributed by atoms with E-state index in [1.807, 2.05) is 109 Å². The summed E-state index contributed by atoms with van der Waals surface area (Å²) in [4.78, 5) is 32.9. The van der Waals surface area contributed by atoms with E-state index in [4.69, 9.17) is 9.72 Å². The highest BCUT2D eigenvalue weighted by Crippen LogP contribution is 2.37. The smallest absolute Gasteiger partial charge is 0.340 e. The summed E-state index contributed by atoms with van der Waals surface area (Å²) in [6, 6.07) is 43.3. The van der Waals surface area contributed by atoms with Crippen molar-refractivity contribution in [3.8, 4) is 33.5 Å². The van der Waals surface area contributed by atoms with E-state index in [2.05, 4.69) is 24.3 Å². The number of ether oxygens (including phenoxy) is 1. The van der Waals surface area contributed by atoms with E-state index >= 15 is 0 Å². The summed E-state index contributed by atoms with van der Waals surface area (Å²) < 4.78 is 7.31. The van der Waals surface area contributed by atoms with Gasteiger partial charge in [-0.2, -0.15) is 0 Å². The number of fused-ring (bicyclic) bond motifs is 2. The van der Waals surface area contributed by atoms with Crippen LogP contribution in [0.15, 0.2) is 140 Å². The third-order valence-electron chi connectivity index (χ3n) is 7.89. The minimum Gasteiger partial charge on any atom is -0.462 e. The second-order valence-electron chi connectivity index (χ2n) is 10.5. The van der Waals surface area contributed by atoms with Crippen LogP contribution in [0.25, 0.3) is 49.8 Å². The molecule has 5 nitrogen and oxygen atoms in total. The average molecular weight is 573 g/mol. The van der Waals surface area contributed by atoms with Gasteiger partial charge in [0.05, 0.1) is 23.4 Å². The summed E-state index contributed by atoms with van der Waals surface area (Å²) in [5, 5.41) is 2.01. The molecule has 0 aliphatic carbocycles. The van der Waals surface area contributed by atoms with Gasteiger partial charge in [0.25, 0.3) is 0 Å². The van der Waals surface area contributed by atoms with E-state index in [1.165, 1.54) is 0 Å². The van der Waals surface area contributed by atoms with Gasteiger partial charge in [0.1, 0.15) is 12.0 Å². The Morgan fingerprint density at radius 2 is 1.27 bits per heavy atom. The number of benzene rings is 5. The lowest BCUT2D eigenvalue weighted by molar-refractivity contribution is 0.0529. The van der Waals surface area contributed by atoms with Crippen LogP contribution >= 0.6 is 0 Å². The number of aromatic nitrogens is 2. The molecule has 0 N–H and O–H groups in total. The summed E-state index contributed by atoms with van der Waals surface area (Å²) in [5.74, 6) is -0.695. The molecule has 7 rings (SSSR count). The summed E-state index contributed by atoms with van der Waals surface area (Å²) >= 11 is 0. The topological polar surface area (TPSA) is 60.7 Å². The zero-order chi connectivity index (χ0) is 30.0. The Balaban J connectivity index is 1.44. The molecule has 0 amide bonds. The van der Waals surface area contributed by atoms with Crippen LogP contribution in [-0.2, 0) is 4.74 Å². The predicted molar refractivity (Wildman–Crippen MR) is 175 cm³/mol. The monoisotopic (exact) mass is 572 g/mol. The van der Waals surface area contributed by atoms with E-state index < -0.39 is 5.97 Å². The van der Waals surface area contributed by atoms with Gasteiger partial charge in [-0.1, -0.05) is 121 Å². The van der Waals surface area contributed by atoms with Gasteiger partial charge in [0.2, 0.25) is 5.78 Å². The summed E-state index contributed by atoms with van der Waals surface area (Å²) in [5.41, 5.74) is 6.87. The number of carbonyl (C=O) groups is 2. The molecule has 0 unspecified atom stereocenters. The maximum atomic E-state index is 14.4. The molecule has 0 atom stereocenters. The maximum Gasteiger partial charge on any atom is 0.340 e. The Morgan fingerprint density at radius 1 is 0.659 bits per heavy atom. The van der Waals surface area contributed by atoms with Crippen molar-refractivity contribution < 1.29 is 14.3 Å². The molecular weight excluding hydrogens is 544 g/mol. The Morgan fingerprint density at radius 3 is 1.98 bits per heavy atom. The van der Waals surface area contributed by atoms with Gasteiger partial charge in [-0.25, -0.2) is 9.78 Å². The SMILES string of the molecule is CCOC(=O)c1c(-c2ccccc2)c(C(=O)c2ccc3ccccc3c2)n2cnc(-c3ccc(-c4ccccc4)cc3)cc12. The van der Waals surface area contributed by atoms with E-state index in [-0.39, 0.29) is 12.4 Å². The quantitative estimate of drug-likeness (QED) is 0.141. The molecule has 5 aromatic carbocycles. The van der Waals surface area contributed by atoms with Crippen molar-refractivity contribution in [3.05, 3.63) is 157 Å². The summed E-state index contributed by atoms with van der Waals surface area (Å²) in [7, 11) is 0. The highest BCUT2D eigenvalue weighted by atomic mass is 16.5. The third kappa shape index (κ3) is 4.84. The number of esters is 1. The van der Waals surface area contributed by atoms with Crippen LogP contribution in [0.1, 0.15) is 33.3 Å². The number of rotatable bonds is 7. The average Bonchev–Trinajstić information content (AvgIpc) is 3.43. The molecule has 0 saturated heterocycles. The molecule has 0 aliphatic heterocycles. The number of hydrogen-bond donors (Lipinski definition) is 0. The number of ketones is 1. The second kappa shape index (κ2) is 11.5. The van der Waals surface area contributed by atoms with Crippen LogP contribution in [-0.4, -0.2) is 27.7 Å². The first-order valence-electron chi connectivity index (χ1n) is 14.6. The van der Waals surface area contributed by atoms with Gasteiger partial charge >= 0.3 is 5.97 Å². The number of nitrogens with zero attached hydrogens (tertiary/aromatic N) is 2. The molecule has 7 aromatic rings. The fourth-order valence-corrected chi connectivity index (χ4v) is 5.76. The van der Waals surface area contributed by atoms with Gasteiger partial charge in [-0.15, -0.1) is 0 Å². The van der Waals surface area contributed by atoms with Crippen LogP contribution in [0.3, 0.4) is 0 Å². The van der Waals surface area contributed by atoms with E-state index in [1.54, 1.807) is 17.7 Å². The molecule has 2 heterocycles. The van der Waals surface area contributed by atoms with Crippen LogP contribution < -0.4 is 0 Å². The van der Waals surface area contributed by atoms with Crippen LogP contribution in [0.2, 0.25) is 0 Å². The molecule has 0 radical (unpaired) electrons. The molecule has 2 aromatic heterocycles. The van der Waals surface area contributed by atoms with Gasteiger partial charge in [-0.05, 0) is 46.5 Å². The Bertz CT molecular complexity index is 2150. The molecule has 44 heavy (non-hydrogen) atoms. The second-order valence-corrected chi connectivity index (χ2v) is 10.5. The molecule has 0 saturated carbocycles. The highest BCUT2D eigenvalue weighted by Gasteiger charge is 2.30. The highest BCUT2D eigenvalue weighted by molar-refractivity contribution is 6.18. The van der Waals surface area contributed by atoms with E-state index in [0.29, 0.717) is 33.6 Å². The van der Waals surface area contributed by atoms with Crippen molar-refractivity contribution in [2.45, 2.75) is 6.92 Å². The van der Waals surface area contributed by atoms with Crippen molar-refractivity contribution in [1.29, 1.82) is 0 Å². The lowest BCUT2D eigenvalue weighted by Gasteiger charge is -2.09. The third-order valence-corrected chi connectivity index (χ3v) is 7.89. The van der Waals surface area contributed by atoms with Gasteiger partial charge < -0.3 is 4.74 Å². The molecule has 212 valence electrons. The molecule has 0 bridgehead atoms. The lowest BCUT2D eigenvalue weighted by atomic mass is 9.95. The van der Waals surface area contributed by atoms with Crippen molar-refractivity contribution >= 4 is 28.0 Å². The molecule has 0 aliphatic rings. The minimum absolute atomic E-state index is 0.206. The summed E-state index contributed by atoms with van der Waals surface area (Å²) in [6.07, 6.45) is 1.64. The van der Waals surface area contributed by atoms with Crippen LogP contribution in [0, 0.1) is 0 Å². The first-order valence-corrected chi connectivity index (χ1v) is 14.6. The minimum atomic E-state index is -0.488. The van der Waals surface area contributed by atoms with Gasteiger partial charge in [0.15, 0.2) is 0 Å². The Hall–Kier alpha value is -5.81. The van der Waals surface area contributed by atoms with Crippen molar-refractivity contribution in [1.82, 2.24) is 9.38 Å². The Kier molecular flexibility index (Phi) is 7.05. The van der Waals surface area contributed by atoms with Gasteiger partial charge in [0, 0.05) is 16.7 Å². The first-order chi connectivity index (χ1) is 21.6. The predicted octanol–water partition coefficient (Wildman–Crippen LogP) is 8.90. The van der Waals surface area contributed by atoms with Crippen LogP contribution in [0.5, 0.6) is 0 Å². The maximum absolute atomic E-state index is 14.4. The van der Waals surface area contributed by atoms with Crippen molar-refractivity contribution in [2.24, 2.45) is 0 Å². The zero-order valence-corrected chi connectivity index (χ0v) is 24.1. The van der Waals surface area contributed by atoms with Crippen LogP contribution in [0.4, 0.5) is 0 Å².